The van der Waals surface area contributed by atoms with E-state index in [-0.39, 0.29) is 29.2 Å². The molecule has 0 radical (unpaired) electrons. The van der Waals surface area contributed by atoms with Gasteiger partial charge in [-0.25, -0.2) is 16.8 Å². The summed E-state index contributed by atoms with van der Waals surface area (Å²) >= 11 is 0. The number of hydrogen-bond donors (Lipinski definition) is 0. The van der Waals surface area contributed by atoms with E-state index in [9.17, 15) is 26.9 Å². The lowest BCUT2D eigenvalue weighted by atomic mass is 9.84. The molecular weight excluding hydrogens is 426 g/mol. The average Bonchev–Trinajstić information content (AvgIpc) is 2.75. The van der Waals surface area contributed by atoms with Crippen molar-refractivity contribution >= 4 is 25.6 Å². The number of rotatable bonds is 10. The number of ether oxygens (including phenoxy) is 1. The molecule has 0 spiro atoms. The van der Waals surface area contributed by atoms with Gasteiger partial charge in [0.1, 0.15) is 0 Å². The Morgan fingerprint density at radius 1 is 0.867 bits per heavy atom. The first-order valence-corrected chi connectivity index (χ1v) is 12.6. The molecule has 0 aromatic heterocycles. The number of benzene rings is 2. The highest BCUT2D eigenvalue weighted by Crippen LogP contribution is 2.31. The van der Waals surface area contributed by atoms with Gasteiger partial charge in [0.2, 0.25) is 0 Å². The third-order valence-corrected chi connectivity index (χ3v) is 8.14. The van der Waals surface area contributed by atoms with Gasteiger partial charge in [-0.1, -0.05) is 36.4 Å². The first-order chi connectivity index (χ1) is 14.2. The average molecular weight is 450 g/mol. The highest BCUT2D eigenvalue weighted by molar-refractivity contribution is 7.91. The quantitative estimate of drug-likeness (QED) is 0.512. The molecule has 0 heterocycles. The topological polar surface area (TPSA) is 118 Å². The maximum absolute atomic E-state index is 12.6. The normalized spacial score (nSPS) is 12.1. The number of hydrogen-bond acceptors (Lipinski definition) is 7. The van der Waals surface area contributed by atoms with Gasteiger partial charge in [0.25, 0.3) is 0 Å². The van der Waals surface area contributed by atoms with Crippen LogP contribution in [0.5, 0.6) is 0 Å². The van der Waals surface area contributed by atoms with E-state index in [1.807, 2.05) is 6.07 Å². The SMILES string of the molecule is CCOC(=O)C(C#N)(CCS(=O)(=O)c1ccccc1)CCS(=O)(=O)c1ccccc1. The minimum atomic E-state index is -3.77. The van der Waals surface area contributed by atoms with Gasteiger partial charge >= 0.3 is 5.97 Å². The molecule has 2 rings (SSSR count). The van der Waals surface area contributed by atoms with Gasteiger partial charge in [-0.3, -0.25) is 4.79 Å². The van der Waals surface area contributed by atoms with Crippen LogP contribution < -0.4 is 0 Å². The van der Waals surface area contributed by atoms with E-state index in [4.69, 9.17) is 4.74 Å². The fourth-order valence-electron chi connectivity index (χ4n) is 2.86. The van der Waals surface area contributed by atoms with E-state index in [1.54, 1.807) is 43.3 Å². The maximum atomic E-state index is 12.6. The van der Waals surface area contributed by atoms with Crippen molar-refractivity contribution in [3.63, 3.8) is 0 Å². The smallest absolute Gasteiger partial charge is 0.326 e. The molecule has 0 bridgehead atoms. The van der Waals surface area contributed by atoms with Crippen molar-refractivity contribution < 1.29 is 26.4 Å². The van der Waals surface area contributed by atoms with Crippen molar-refractivity contribution in [3.8, 4) is 6.07 Å². The van der Waals surface area contributed by atoms with Gasteiger partial charge in [0.15, 0.2) is 25.1 Å². The largest absolute Gasteiger partial charge is 0.465 e. The summed E-state index contributed by atoms with van der Waals surface area (Å²) in [6.07, 6.45) is -0.742. The standard InChI is InChI=1S/C21H23NO6S2/c1-2-28-20(23)21(17-22,13-15-29(24,25)18-9-5-3-6-10-18)14-16-30(26,27)19-11-7-4-8-12-19/h3-12H,2,13-16H2,1H3. The third kappa shape index (κ3) is 5.68. The van der Waals surface area contributed by atoms with Crippen molar-refractivity contribution in [2.24, 2.45) is 5.41 Å². The van der Waals surface area contributed by atoms with Gasteiger partial charge in [-0.05, 0) is 44.0 Å². The molecule has 2 aromatic rings. The highest BCUT2D eigenvalue weighted by Gasteiger charge is 2.42. The molecule has 0 atom stereocenters. The van der Waals surface area contributed by atoms with Crippen LogP contribution in [-0.2, 0) is 29.2 Å². The summed E-state index contributed by atoms with van der Waals surface area (Å²) < 4.78 is 55.5. The van der Waals surface area contributed by atoms with Crippen molar-refractivity contribution in [3.05, 3.63) is 60.7 Å². The number of esters is 1. The second kappa shape index (κ2) is 9.87. The van der Waals surface area contributed by atoms with Crippen LogP contribution in [-0.4, -0.2) is 40.9 Å². The number of carbonyl (C=O) groups is 1. The minimum Gasteiger partial charge on any atom is -0.465 e. The Bertz CT molecular complexity index is 1030. The zero-order valence-corrected chi connectivity index (χ0v) is 18.2. The monoisotopic (exact) mass is 449 g/mol. The van der Waals surface area contributed by atoms with E-state index in [0.29, 0.717) is 0 Å². The zero-order chi connectivity index (χ0) is 22.3. The summed E-state index contributed by atoms with van der Waals surface area (Å²) in [4.78, 5) is 12.7. The second-order valence-corrected chi connectivity index (χ2v) is 10.9. The van der Waals surface area contributed by atoms with Crippen LogP contribution in [0, 0.1) is 16.7 Å². The Kier molecular flexibility index (Phi) is 7.76. The highest BCUT2D eigenvalue weighted by atomic mass is 32.2. The molecule has 0 saturated carbocycles. The van der Waals surface area contributed by atoms with Crippen molar-refractivity contribution in [2.45, 2.75) is 29.6 Å². The molecular formula is C21H23NO6S2. The molecule has 0 saturated heterocycles. The predicted octanol–water partition coefficient (Wildman–Crippen LogP) is 2.79. The first kappa shape index (κ1) is 23.6. The molecule has 0 aliphatic heterocycles. The van der Waals surface area contributed by atoms with Gasteiger partial charge in [-0.15, -0.1) is 0 Å². The summed E-state index contributed by atoms with van der Waals surface area (Å²) in [5, 5.41) is 9.77. The number of sulfone groups is 2. The Morgan fingerprint density at radius 3 is 1.60 bits per heavy atom. The molecule has 0 N–H and O–H groups in total. The summed E-state index contributed by atoms with van der Waals surface area (Å²) in [5.41, 5.74) is -1.89. The molecule has 2 aromatic carbocycles. The molecule has 30 heavy (non-hydrogen) atoms. The second-order valence-electron chi connectivity index (χ2n) is 6.68. The Labute approximate surface area is 177 Å². The fourth-order valence-corrected chi connectivity index (χ4v) is 5.71. The van der Waals surface area contributed by atoms with E-state index >= 15 is 0 Å². The van der Waals surface area contributed by atoms with Crippen molar-refractivity contribution in [2.75, 3.05) is 18.1 Å². The fraction of sp³-hybridized carbons (Fsp3) is 0.333. The molecule has 0 fully saturated rings. The van der Waals surface area contributed by atoms with Crippen LogP contribution in [0.2, 0.25) is 0 Å². The lowest BCUT2D eigenvalue weighted by molar-refractivity contribution is -0.152. The lowest BCUT2D eigenvalue weighted by Gasteiger charge is -2.24. The predicted molar refractivity (Wildman–Crippen MR) is 111 cm³/mol. The number of nitrogens with zero attached hydrogens (tertiary/aromatic N) is 1. The van der Waals surface area contributed by atoms with E-state index in [1.165, 1.54) is 24.3 Å². The van der Waals surface area contributed by atoms with Crippen LogP contribution >= 0.6 is 0 Å². The Hall–Kier alpha value is -2.70. The van der Waals surface area contributed by atoms with Crippen LogP contribution in [0.3, 0.4) is 0 Å². The van der Waals surface area contributed by atoms with Gasteiger partial charge in [-0.2, -0.15) is 5.26 Å². The number of carbonyl (C=O) groups excluding carboxylic acids is 1. The number of nitriles is 1. The zero-order valence-electron chi connectivity index (χ0n) is 16.5. The van der Waals surface area contributed by atoms with Gasteiger partial charge in [0, 0.05) is 0 Å². The van der Waals surface area contributed by atoms with Crippen LogP contribution in [0.1, 0.15) is 19.8 Å². The van der Waals surface area contributed by atoms with Crippen molar-refractivity contribution in [1.29, 1.82) is 5.26 Å². The summed E-state index contributed by atoms with van der Waals surface area (Å²) in [7, 11) is -7.53. The van der Waals surface area contributed by atoms with Crippen LogP contribution in [0.4, 0.5) is 0 Å². The minimum absolute atomic E-state index is 0.0147. The Balaban J connectivity index is 2.28. The lowest BCUT2D eigenvalue weighted by Crippen LogP contribution is -2.35. The molecule has 160 valence electrons. The van der Waals surface area contributed by atoms with Crippen LogP contribution in [0.25, 0.3) is 0 Å². The van der Waals surface area contributed by atoms with E-state index in [0.717, 1.165) is 0 Å². The molecule has 7 nitrogen and oxygen atoms in total. The molecule has 0 aliphatic rings. The van der Waals surface area contributed by atoms with Gasteiger partial charge < -0.3 is 4.74 Å². The third-order valence-electron chi connectivity index (χ3n) is 4.68. The summed E-state index contributed by atoms with van der Waals surface area (Å²) in [6.45, 7) is 1.54. The summed E-state index contributed by atoms with van der Waals surface area (Å²) in [6, 6.07) is 17.2. The van der Waals surface area contributed by atoms with E-state index in [2.05, 4.69) is 0 Å². The molecule has 0 aliphatic carbocycles. The summed E-state index contributed by atoms with van der Waals surface area (Å²) in [5.74, 6) is -1.90. The molecule has 9 heteroatoms. The first-order valence-electron chi connectivity index (χ1n) is 9.31. The Morgan fingerprint density at radius 2 is 1.27 bits per heavy atom. The molecule has 0 amide bonds. The maximum Gasteiger partial charge on any atom is 0.326 e. The molecule has 0 unspecified atom stereocenters. The van der Waals surface area contributed by atoms with E-state index < -0.39 is 42.6 Å². The van der Waals surface area contributed by atoms with Gasteiger partial charge in [0.05, 0.1) is 34.0 Å². The van der Waals surface area contributed by atoms with Crippen LogP contribution in [0.15, 0.2) is 70.5 Å². The van der Waals surface area contributed by atoms with Crippen molar-refractivity contribution in [1.82, 2.24) is 0 Å².